The molecule has 2 aliphatic heterocycles. The number of fused-ring (bicyclic) bond motifs is 1. The maximum Gasteiger partial charge on any atom is 0.355 e. The van der Waals surface area contributed by atoms with Crippen molar-refractivity contribution in [1.82, 2.24) is 15.2 Å². The van der Waals surface area contributed by atoms with Crippen LogP contribution in [0.25, 0.3) is 0 Å². The van der Waals surface area contributed by atoms with Gasteiger partial charge in [-0.3, -0.25) is 19.3 Å². The molecular weight excluding hydrogens is 578 g/mol. The number of amides is 3. The summed E-state index contributed by atoms with van der Waals surface area (Å²) in [5.41, 5.74) is -0.198. The van der Waals surface area contributed by atoms with E-state index in [1.54, 1.807) is 0 Å². The zero-order valence-corrected chi connectivity index (χ0v) is 24.8. The number of esters is 1. The molecule has 3 amide bonds. The number of aromatic nitrogens is 1. The van der Waals surface area contributed by atoms with E-state index < -0.39 is 46.5 Å². The lowest BCUT2D eigenvalue weighted by Gasteiger charge is -2.48. The first-order valence-electron chi connectivity index (χ1n) is 13.2. The van der Waals surface area contributed by atoms with Gasteiger partial charge in [0.1, 0.15) is 30.4 Å². The number of rotatable bonds is 18. The summed E-state index contributed by atoms with van der Waals surface area (Å²) in [4.78, 5) is 59.9. The van der Waals surface area contributed by atoms with Crippen LogP contribution in [0.5, 0.6) is 0 Å². The first-order valence-corrected chi connectivity index (χ1v) is 15.5. The Kier molecular flexibility index (Phi) is 13.0. The molecule has 16 heteroatoms. The Balaban J connectivity index is 1.67. The third-order valence-electron chi connectivity index (χ3n) is 6.00. The number of unbranched alkanes of at least 4 members (excludes halogenated alkanes) is 2. The molecule has 0 spiro atoms. The predicted molar refractivity (Wildman–Crippen MR) is 150 cm³/mol. The van der Waals surface area contributed by atoms with Crippen molar-refractivity contribution in [2.24, 2.45) is 5.16 Å². The number of thiazole rings is 1. The molecule has 3 rings (SSSR count). The number of carbonyl (C=O) groups excluding carboxylic acids is 4. The second kappa shape index (κ2) is 16.4. The second-order valence-corrected chi connectivity index (χ2v) is 11.4. The average Bonchev–Trinajstić information content (AvgIpc) is 3.42. The summed E-state index contributed by atoms with van der Waals surface area (Å²) >= 11 is -0.541. The van der Waals surface area contributed by atoms with E-state index in [4.69, 9.17) is 19.0 Å². The Labute approximate surface area is 245 Å². The van der Waals surface area contributed by atoms with E-state index in [0.717, 1.165) is 41.9 Å². The molecule has 3 atom stereocenters. The van der Waals surface area contributed by atoms with Crippen LogP contribution in [-0.2, 0) is 49.4 Å². The lowest BCUT2D eigenvalue weighted by atomic mass is 10.0. The van der Waals surface area contributed by atoms with Crippen LogP contribution in [-0.4, -0.2) is 101 Å². The number of hydrogen-bond acceptors (Lipinski definition) is 12. The molecule has 3 heterocycles. The van der Waals surface area contributed by atoms with Gasteiger partial charge >= 0.3 is 5.97 Å². The third-order valence-corrected chi connectivity index (χ3v) is 8.29. The van der Waals surface area contributed by atoms with Crippen LogP contribution in [0.3, 0.4) is 0 Å². The lowest BCUT2D eigenvalue weighted by Crippen LogP contribution is -2.74. The standard InChI is InChI=1S/C25H35N5O9S2/c1-4-6-9-37-12-16(13-38-10-7-5-2)39-24(34)18-8-11-41(35)23-20(22(33)30(18)23)28-21(32)19(29-36-3)17-14-40-25(27-17)26-15-31/h8,14-16,20,23H,4-7,9-13H2,1-3H3,(H,28,32)(H,26,27,31)/t20?,23-,41?/m0/s1. The molecule has 1 aromatic heterocycles. The molecule has 41 heavy (non-hydrogen) atoms. The molecule has 2 unspecified atom stereocenters. The summed E-state index contributed by atoms with van der Waals surface area (Å²) in [5, 5.41) is 9.31. The predicted octanol–water partition coefficient (Wildman–Crippen LogP) is 0.906. The van der Waals surface area contributed by atoms with Gasteiger partial charge in [-0.25, -0.2) is 9.78 Å². The van der Waals surface area contributed by atoms with Crippen LogP contribution in [0.2, 0.25) is 0 Å². The number of carbonyl (C=O) groups is 4. The van der Waals surface area contributed by atoms with Crippen molar-refractivity contribution in [3.05, 3.63) is 22.8 Å². The van der Waals surface area contributed by atoms with E-state index in [2.05, 4.69) is 20.8 Å². The van der Waals surface area contributed by atoms with Crippen molar-refractivity contribution in [3.63, 3.8) is 0 Å². The van der Waals surface area contributed by atoms with Gasteiger partial charge in [0.05, 0.1) is 13.2 Å². The monoisotopic (exact) mass is 613 g/mol. The summed E-state index contributed by atoms with van der Waals surface area (Å²) in [7, 11) is 1.23. The minimum Gasteiger partial charge on any atom is -0.614 e. The largest absolute Gasteiger partial charge is 0.614 e. The quantitative estimate of drug-likeness (QED) is 0.0459. The highest BCUT2D eigenvalue weighted by atomic mass is 32.2. The van der Waals surface area contributed by atoms with Crippen LogP contribution in [0, 0.1) is 0 Å². The molecule has 0 aliphatic carbocycles. The molecule has 14 nitrogen and oxygen atoms in total. The van der Waals surface area contributed by atoms with Crippen LogP contribution >= 0.6 is 11.3 Å². The Bertz CT molecular complexity index is 1120. The van der Waals surface area contributed by atoms with Crippen molar-refractivity contribution in [1.29, 1.82) is 0 Å². The maximum atomic E-state index is 13.1. The van der Waals surface area contributed by atoms with Gasteiger partial charge in [-0.1, -0.05) is 31.8 Å². The van der Waals surface area contributed by atoms with E-state index in [0.29, 0.717) is 19.6 Å². The summed E-state index contributed by atoms with van der Waals surface area (Å²) in [6, 6.07) is -1.18. The highest BCUT2D eigenvalue weighted by molar-refractivity contribution is 7.92. The van der Waals surface area contributed by atoms with Gasteiger partial charge in [0.15, 0.2) is 16.9 Å². The van der Waals surface area contributed by atoms with E-state index in [9.17, 15) is 23.7 Å². The second-order valence-electron chi connectivity index (χ2n) is 8.99. The van der Waals surface area contributed by atoms with Crippen LogP contribution in [0.1, 0.15) is 45.2 Å². The third kappa shape index (κ3) is 8.48. The van der Waals surface area contributed by atoms with Crippen molar-refractivity contribution < 1.29 is 42.8 Å². The summed E-state index contributed by atoms with van der Waals surface area (Å²) in [5.74, 6) is -2.22. The summed E-state index contributed by atoms with van der Waals surface area (Å²) in [6.07, 6.45) is 4.78. The van der Waals surface area contributed by atoms with Crippen LogP contribution < -0.4 is 10.6 Å². The number of β-lactam (4-membered cyclic amide) rings is 1. The van der Waals surface area contributed by atoms with Crippen LogP contribution in [0.4, 0.5) is 5.13 Å². The smallest absolute Gasteiger partial charge is 0.355 e. The highest BCUT2D eigenvalue weighted by Crippen LogP contribution is 2.34. The van der Waals surface area contributed by atoms with Crippen molar-refractivity contribution in [2.45, 2.75) is 57.1 Å². The average molecular weight is 614 g/mol. The molecule has 0 bridgehead atoms. The number of anilines is 1. The molecule has 0 radical (unpaired) electrons. The number of oxime groups is 1. The first-order chi connectivity index (χ1) is 19.9. The van der Waals surface area contributed by atoms with Gasteiger partial charge in [0.25, 0.3) is 11.8 Å². The van der Waals surface area contributed by atoms with Gasteiger partial charge in [0.2, 0.25) is 11.8 Å². The Morgan fingerprint density at radius 1 is 1.27 bits per heavy atom. The van der Waals surface area contributed by atoms with Crippen molar-refractivity contribution >= 4 is 57.5 Å². The molecule has 1 fully saturated rings. The number of hydrogen-bond donors (Lipinski definition) is 2. The summed E-state index contributed by atoms with van der Waals surface area (Å²) < 4.78 is 29.8. The van der Waals surface area contributed by atoms with E-state index in [1.807, 2.05) is 13.8 Å². The van der Waals surface area contributed by atoms with Crippen molar-refractivity contribution in [2.75, 3.05) is 44.6 Å². The van der Waals surface area contributed by atoms with Crippen LogP contribution in [0.15, 0.2) is 22.3 Å². The number of nitrogens with zero attached hydrogens (tertiary/aromatic N) is 3. The van der Waals surface area contributed by atoms with Gasteiger partial charge in [-0.15, -0.1) is 11.3 Å². The zero-order valence-electron chi connectivity index (χ0n) is 23.2. The number of ether oxygens (including phenoxy) is 3. The number of nitrogens with one attached hydrogen (secondary N) is 2. The van der Waals surface area contributed by atoms with E-state index in [-0.39, 0.29) is 41.2 Å². The fraction of sp³-hybridized carbons (Fsp3) is 0.600. The molecule has 2 aliphatic rings. The van der Waals surface area contributed by atoms with Gasteiger partial charge < -0.3 is 34.2 Å². The molecule has 0 aromatic carbocycles. The zero-order chi connectivity index (χ0) is 29.8. The minimum absolute atomic E-state index is 0.0122. The maximum absolute atomic E-state index is 13.1. The SMILES string of the molecule is CCCCOCC(COCCCC)OC(=O)C1=CC[S+]([O-])[C@H]2C(NC(=O)C(=NOC)c3csc(NC=O)n3)C(=O)N12. The first kappa shape index (κ1) is 32.5. The molecule has 2 N–H and O–H groups in total. The molecular formula is C25H35N5O9S2. The van der Waals surface area contributed by atoms with Crippen molar-refractivity contribution in [3.8, 4) is 0 Å². The van der Waals surface area contributed by atoms with Gasteiger partial charge in [-0.05, 0) is 30.1 Å². The van der Waals surface area contributed by atoms with E-state index >= 15 is 0 Å². The minimum atomic E-state index is -1.60. The Morgan fingerprint density at radius 3 is 2.56 bits per heavy atom. The topological polar surface area (TPSA) is 181 Å². The molecule has 1 aromatic rings. The molecule has 0 saturated carbocycles. The molecule has 1 saturated heterocycles. The van der Waals surface area contributed by atoms with Gasteiger partial charge in [0, 0.05) is 18.6 Å². The Morgan fingerprint density at radius 2 is 1.95 bits per heavy atom. The molecule has 226 valence electrons. The normalized spacial score (nSPS) is 20.2. The van der Waals surface area contributed by atoms with Gasteiger partial charge in [-0.2, -0.15) is 0 Å². The fourth-order valence-corrected chi connectivity index (χ4v) is 6.03. The lowest BCUT2D eigenvalue weighted by molar-refractivity contribution is -0.159. The Hall–Kier alpha value is -3.05. The highest BCUT2D eigenvalue weighted by Gasteiger charge is 2.60. The fourth-order valence-electron chi connectivity index (χ4n) is 3.92. The van der Waals surface area contributed by atoms with E-state index in [1.165, 1.54) is 18.6 Å². The summed E-state index contributed by atoms with van der Waals surface area (Å²) in [6.45, 7) is 5.37.